The molecule has 9 nitrogen and oxygen atoms in total. The maximum absolute atomic E-state index is 12.5. The Kier molecular flexibility index (Phi) is 6.30. The molecule has 1 unspecified atom stereocenters. The van der Waals surface area contributed by atoms with Gasteiger partial charge in [0.05, 0.1) is 18.4 Å². The molecule has 1 aliphatic rings. The number of carbonyl (C=O) groups excluding carboxylic acids is 1. The van der Waals surface area contributed by atoms with Crippen LogP contribution in [0.4, 0.5) is 4.79 Å². The van der Waals surface area contributed by atoms with Crippen LogP contribution in [0, 0.1) is 0 Å². The molecule has 4 heterocycles. The summed E-state index contributed by atoms with van der Waals surface area (Å²) in [7, 11) is 1.91. The van der Waals surface area contributed by atoms with Crippen molar-refractivity contribution in [2.24, 2.45) is 7.05 Å². The third-order valence-corrected chi connectivity index (χ3v) is 6.17. The summed E-state index contributed by atoms with van der Waals surface area (Å²) in [6, 6.07) is 8.24. The number of hydrogen-bond donors (Lipinski definition) is 0. The number of ether oxygens (including phenoxy) is 1. The van der Waals surface area contributed by atoms with Gasteiger partial charge in [-0.05, 0) is 45.2 Å². The third-order valence-electron chi connectivity index (χ3n) is 6.17. The van der Waals surface area contributed by atoms with E-state index in [2.05, 4.69) is 32.3 Å². The first kappa shape index (κ1) is 23.7. The number of amides is 1. The summed E-state index contributed by atoms with van der Waals surface area (Å²) < 4.78 is 9.28. The van der Waals surface area contributed by atoms with Crippen molar-refractivity contribution in [3.63, 3.8) is 0 Å². The first-order valence-electron chi connectivity index (χ1n) is 12.2. The lowest BCUT2D eigenvalue weighted by Gasteiger charge is -2.34. The van der Waals surface area contributed by atoms with Crippen LogP contribution in [-0.2, 0) is 11.8 Å². The molecule has 4 aromatic rings. The predicted molar refractivity (Wildman–Crippen MR) is 137 cm³/mol. The largest absolute Gasteiger partial charge is 0.444 e. The molecule has 5 rings (SSSR count). The number of carbonyl (C=O) groups is 1. The molecule has 1 atom stereocenters. The Morgan fingerprint density at radius 2 is 1.67 bits per heavy atom. The average Bonchev–Trinajstić information content (AvgIpc) is 3.53. The highest BCUT2D eigenvalue weighted by molar-refractivity contribution is 5.70. The number of aryl methyl sites for hydroxylation is 1. The molecule has 36 heavy (non-hydrogen) atoms. The van der Waals surface area contributed by atoms with Crippen molar-refractivity contribution < 1.29 is 9.53 Å². The van der Waals surface area contributed by atoms with Gasteiger partial charge in [-0.25, -0.2) is 14.8 Å². The van der Waals surface area contributed by atoms with E-state index in [1.165, 1.54) is 0 Å². The van der Waals surface area contributed by atoms with Crippen LogP contribution in [-0.4, -0.2) is 59.2 Å². The molecule has 3 aromatic heterocycles. The van der Waals surface area contributed by atoms with Gasteiger partial charge in [0, 0.05) is 67.2 Å². The summed E-state index contributed by atoms with van der Waals surface area (Å²) in [6.07, 6.45) is 12.9. The second kappa shape index (κ2) is 9.56. The van der Waals surface area contributed by atoms with Gasteiger partial charge in [-0.1, -0.05) is 18.2 Å². The molecule has 0 radical (unpaired) electrons. The van der Waals surface area contributed by atoms with Gasteiger partial charge in [-0.15, -0.1) is 0 Å². The van der Waals surface area contributed by atoms with Crippen LogP contribution in [0.2, 0.25) is 0 Å². The molecule has 0 saturated carbocycles. The van der Waals surface area contributed by atoms with Gasteiger partial charge in [0.2, 0.25) is 0 Å². The Labute approximate surface area is 210 Å². The highest BCUT2D eigenvalue weighted by Crippen LogP contribution is 2.27. The highest BCUT2D eigenvalue weighted by Gasteiger charge is 2.28. The number of likely N-dealkylation sites (tertiary alicyclic amines) is 1. The van der Waals surface area contributed by atoms with Crippen LogP contribution in [0.5, 0.6) is 0 Å². The fraction of sp³-hybridized carbons (Fsp3) is 0.370. The number of hydrogen-bond acceptors (Lipinski definition) is 6. The van der Waals surface area contributed by atoms with E-state index in [1.54, 1.807) is 9.58 Å². The fourth-order valence-corrected chi connectivity index (χ4v) is 4.38. The molecule has 1 fully saturated rings. The second-order valence-electron chi connectivity index (χ2n) is 10.2. The number of piperidine rings is 1. The van der Waals surface area contributed by atoms with E-state index in [4.69, 9.17) is 4.74 Å². The SMILES string of the molecule is Cn1cc(-c2cccc(-c3ncc(-c4cnn(C5CCCN(C(=O)OC(C)(C)C)C5)c4)cn3)c2)cn1. The normalized spacial score (nSPS) is 16.2. The molecule has 186 valence electrons. The Bertz CT molecular complexity index is 1350. The standard InChI is InChI=1S/C27H31N7O2/c1-27(2,3)36-26(35)33-10-6-9-24(18-33)34-17-23(15-31-34)21-12-28-25(29-13-21)20-8-5-7-19(11-20)22-14-30-32(4)16-22/h5,7-8,11-17,24H,6,9-10,18H2,1-4H3. The number of aromatic nitrogens is 6. The van der Waals surface area contributed by atoms with Crippen molar-refractivity contribution in [1.82, 2.24) is 34.4 Å². The first-order valence-corrected chi connectivity index (χ1v) is 12.2. The molecule has 1 amide bonds. The van der Waals surface area contributed by atoms with Crippen molar-refractivity contribution in [3.05, 3.63) is 61.4 Å². The van der Waals surface area contributed by atoms with E-state index in [-0.39, 0.29) is 12.1 Å². The maximum Gasteiger partial charge on any atom is 0.410 e. The molecule has 0 spiro atoms. The van der Waals surface area contributed by atoms with E-state index < -0.39 is 5.60 Å². The highest BCUT2D eigenvalue weighted by atomic mass is 16.6. The lowest BCUT2D eigenvalue weighted by Crippen LogP contribution is -2.43. The van der Waals surface area contributed by atoms with Crippen LogP contribution in [0.1, 0.15) is 39.7 Å². The molecule has 0 aliphatic carbocycles. The molecule has 1 aromatic carbocycles. The monoisotopic (exact) mass is 485 g/mol. The zero-order chi connectivity index (χ0) is 25.3. The number of nitrogens with zero attached hydrogens (tertiary/aromatic N) is 7. The van der Waals surface area contributed by atoms with Gasteiger partial charge in [-0.3, -0.25) is 9.36 Å². The Balaban J connectivity index is 1.29. The van der Waals surface area contributed by atoms with E-state index >= 15 is 0 Å². The van der Waals surface area contributed by atoms with Gasteiger partial charge in [-0.2, -0.15) is 10.2 Å². The van der Waals surface area contributed by atoms with Gasteiger partial charge in [0.15, 0.2) is 5.82 Å². The molecular formula is C27H31N7O2. The fourth-order valence-electron chi connectivity index (χ4n) is 4.38. The second-order valence-corrected chi connectivity index (χ2v) is 10.2. The van der Waals surface area contributed by atoms with Crippen molar-refractivity contribution in [2.75, 3.05) is 13.1 Å². The lowest BCUT2D eigenvalue weighted by molar-refractivity contribution is 0.0167. The zero-order valence-corrected chi connectivity index (χ0v) is 21.1. The molecule has 0 N–H and O–H groups in total. The quantitative estimate of drug-likeness (QED) is 0.405. The molecule has 0 bridgehead atoms. The third kappa shape index (κ3) is 5.30. The average molecular weight is 486 g/mol. The summed E-state index contributed by atoms with van der Waals surface area (Å²) in [5, 5.41) is 8.84. The number of rotatable bonds is 4. The summed E-state index contributed by atoms with van der Waals surface area (Å²) >= 11 is 0. The van der Waals surface area contributed by atoms with Crippen molar-refractivity contribution in [2.45, 2.75) is 45.3 Å². The van der Waals surface area contributed by atoms with Crippen molar-refractivity contribution >= 4 is 6.09 Å². The summed E-state index contributed by atoms with van der Waals surface area (Å²) in [4.78, 5) is 23.5. The maximum atomic E-state index is 12.5. The molecule has 1 aliphatic heterocycles. The van der Waals surface area contributed by atoms with E-state index in [9.17, 15) is 4.79 Å². The Morgan fingerprint density at radius 1 is 0.944 bits per heavy atom. The summed E-state index contributed by atoms with van der Waals surface area (Å²) in [5.74, 6) is 0.664. The Morgan fingerprint density at radius 3 is 2.39 bits per heavy atom. The zero-order valence-electron chi connectivity index (χ0n) is 21.1. The van der Waals surface area contributed by atoms with Crippen LogP contribution in [0.25, 0.3) is 33.6 Å². The smallest absolute Gasteiger partial charge is 0.410 e. The predicted octanol–water partition coefficient (Wildman–Crippen LogP) is 4.98. The minimum atomic E-state index is -0.505. The molecule has 1 saturated heterocycles. The van der Waals surface area contributed by atoms with Gasteiger partial charge in [0.1, 0.15) is 5.60 Å². The van der Waals surface area contributed by atoms with Crippen LogP contribution in [0.3, 0.4) is 0 Å². The minimum absolute atomic E-state index is 0.107. The lowest BCUT2D eigenvalue weighted by atomic mass is 10.1. The molecular weight excluding hydrogens is 454 g/mol. The van der Waals surface area contributed by atoms with Crippen molar-refractivity contribution in [1.29, 1.82) is 0 Å². The van der Waals surface area contributed by atoms with Crippen LogP contribution < -0.4 is 0 Å². The topological polar surface area (TPSA) is 91.0 Å². The first-order chi connectivity index (χ1) is 17.2. The van der Waals surface area contributed by atoms with E-state index in [1.807, 2.05) is 81.8 Å². The summed E-state index contributed by atoms with van der Waals surface area (Å²) in [5.41, 5.74) is 4.41. The van der Waals surface area contributed by atoms with Gasteiger partial charge in [0.25, 0.3) is 0 Å². The number of benzene rings is 1. The van der Waals surface area contributed by atoms with E-state index in [0.29, 0.717) is 18.9 Å². The van der Waals surface area contributed by atoms with Gasteiger partial charge >= 0.3 is 6.09 Å². The Hall–Kier alpha value is -4.01. The van der Waals surface area contributed by atoms with Crippen LogP contribution in [0.15, 0.2) is 61.4 Å². The van der Waals surface area contributed by atoms with Crippen LogP contribution >= 0.6 is 0 Å². The minimum Gasteiger partial charge on any atom is -0.444 e. The molecule has 9 heteroatoms. The van der Waals surface area contributed by atoms with Gasteiger partial charge < -0.3 is 9.64 Å². The summed E-state index contributed by atoms with van der Waals surface area (Å²) in [6.45, 7) is 6.94. The van der Waals surface area contributed by atoms with E-state index in [0.717, 1.165) is 40.7 Å². The van der Waals surface area contributed by atoms with Crippen molar-refractivity contribution in [3.8, 4) is 33.6 Å².